The van der Waals surface area contributed by atoms with Gasteiger partial charge in [0, 0.05) is 30.8 Å². The van der Waals surface area contributed by atoms with Gasteiger partial charge in [-0.15, -0.1) is 0 Å². The van der Waals surface area contributed by atoms with E-state index in [4.69, 9.17) is 9.47 Å². The Bertz CT molecular complexity index is 1790. The molecule has 1 unspecified atom stereocenters. The first kappa shape index (κ1) is 34.2. The number of carbonyl (C=O) groups is 1. The van der Waals surface area contributed by atoms with Gasteiger partial charge in [-0.3, -0.25) is 4.99 Å². The number of ether oxygens (including phenoxy) is 2. The van der Waals surface area contributed by atoms with E-state index >= 15 is 0 Å². The first-order valence-electron chi connectivity index (χ1n) is 18.1. The standard InChI is InChI=1S/C44H50N2O3/c1-5-6-7-8-9-10-11-14-29-48-38-24-17-33(18-25-38)32-45-37-22-19-34(20-23-37)42(47)49-39-26-21-36-31-44(28-27-35(36)30-39)43(2,3)40-15-12-13-16-41(40)46(44)4/h12-13,15-28,30,32H,5-11,14,29,31H2,1-4H3. The molecule has 1 heterocycles. The van der Waals surface area contributed by atoms with E-state index < -0.39 is 0 Å². The van der Waals surface area contributed by atoms with Gasteiger partial charge in [-0.05, 0) is 95.4 Å². The number of rotatable bonds is 14. The van der Waals surface area contributed by atoms with Gasteiger partial charge in [0.2, 0.25) is 0 Å². The van der Waals surface area contributed by atoms with Gasteiger partial charge in [-0.1, -0.05) is 102 Å². The molecule has 0 radical (unpaired) electrons. The van der Waals surface area contributed by atoms with E-state index in [9.17, 15) is 4.79 Å². The zero-order valence-electron chi connectivity index (χ0n) is 29.6. The summed E-state index contributed by atoms with van der Waals surface area (Å²) in [4.78, 5) is 20.1. The topological polar surface area (TPSA) is 51.1 Å². The SMILES string of the molecule is CCCCCCCCCCOc1ccc(C=Nc2ccc(C(=O)Oc3ccc4c(c3)C=CC3(C4)N(C)c4ccccc4C3(C)C)cc2)cc1. The lowest BCUT2D eigenvalue weighted by molar-refractivity contribution is 0.0734. The quantitative estimate of drug-likeness (QED) is 0.0588. The number of hydrogen-bond donors (Lipinski definition) is 0. The zero-order chi connectivity index (χ0) is 34.3. The van der Waals surface area contributed by atoms with Crippen LogP contribution in [0.5, 0.6) is 11.5 Å². The van der Waals surface area contributed by atoms with Gasteiger partial charge in [-0.2, -0.15) is 0 Å². The second kappa shape index (κ2) is 15.3. The number of hydrogen-bond acceptors (Lipinski definition) is 5. The summed E-state index contributed by atoms with van der Waals surface area (Å²) in [6.07, 6.45) is 17.6. The molecule has 0 N–H and O–H groups in total. The number of esters is 1. The maximum absolute atomic E-state index is 13.0. The average Bonchev–Trinajstić information content (AvgIpc) is 3.28. The Hall–Kier alpha value is -4.64. The molecule has 1 aliphatic carbocycles. The van der Waals surface area contributed by atoms with Crippen LogP contribution in [0.25, 0.3) is 6.08 Å². The number of para-hydroxylation sites is 1. The van der Waals surface area contributed by atoms with Crippen LogP contribution in [0.4, 0.5) is 11.4 Å². The summed E-state index contributed by atoms with van der Waals surface area (Å²) >= 11 is 0. The van der Waals surface area contributed by atoms with Crippen LogP contribution in [0.1, 0.15) is 105 Å². The summed E-state index contributed by atoms with van der Waals surface area (Å²) in [6.45, 7) is 7.69. The monoisotopic (exact) mass is 654 g/mol. The van der Waals surface area contributed by atoms with Crippen LogP contribution in [0.15, 0.2) is 102 Å². The smallest absolute Gasteiger partial charge is 0.343 e. The molecule has 0 amide bonds. The molecule has 6 rings (SSSR count). The number of benzene rings is 4. The molecular formula is C44H50N2O3. The Balaban J connectivity index is 0.988. The summed E-state index contributed by atoms with van der Waals surface area (Å²) in [6, 6.07) is 29.9. The van der Waals surface area contributed by atoms with Crippen LogP contribution in [0.2, 0.25) is 0 Å². The van der Waals surface area contributed by atoms with Crippen molar-refractivity contribution in [3.63, 3.8) is 0 Å². The molecule has 49 heavy (non-hydrogen) atoms. The molecule has 1 atom stereocenters. The van der Waals surface area contributed by atoms with Crippen molar-refractivity contribution in [3.05, 3.63) is 125 Å². The predicted octanol–water partition coefficient (Wildman–Crippen LogP) is 10.9. The van der Waals surface area contributed by atoms with Crippen molar-refractivity contribution in [3.8, 4) is 11.5 Å². The summed E-state index contributed by atoms with van der Waals surface area (Å²) < 4.78 is 11.7. The van der Waals surface area contributed by atoms with Crippen molar-refractivity contribution in [2.24, 2.45) is 4.99 Å². The van der Waals surface area contributed by atoms with Crippen molar-refractivity contribution in [1.82, 2.24) is 0 Å². The van der Waals surface area contributed by atoms with Crippen molar-refractivity contribution in [2.75, 3.05) is 18.6 Å². The average molecular weight is 655 g/mol. The van der Waals surface area contributed by atoms with Crippen molar-refractivity contribution in [2.45, 2.75) is 89.5 Å². The fourth-order valence-electron chi connectivity index (χ4n) is 7.43. The van der Waals surface area contributed by atoms with Crippen LogP contribution in [-0.2, 0) is 11.8 Å². The lowest BCUT2D eigenvalue weighted by Crippen LogP contribution is -2.55. The zero-order valence-corrected chi connectivity index (χ0v) is 29.6. The molecule has 5 nitrogen and oxygen atoms in total. The number of aliphatic imine (C=N–C) groups is 1. The van der Waals surface area contributed by atoms with Gasteiger partial charge in [0.15, 0.2) is 0 Å². The molecule has 0 saturated heterocycles. The van der Waals surface area contributed by atoms with Crippen molar-refractivity contribution < 1.29 is 14.3 Å². The maximum Gasteiger partial charge on any atom is 0.343 e. The number of fused-ring (bicyclic) bond motifs is 2. The van der Waals surface area contributed by atoms with Crippen LogP contribution in [0, 0.1) is 0 Å². The lowest BCUT2D eigenvalue weighted by Gasteiger charge is -2.46. The van der Waals surface area contributed by atoms with Crippen LogP contribution >= 0.6 is 0 Å². The number of anilines is 1. The van der Waals surface area contributed by atoms with Gasteiger partial charge < -0.3 is 14.4 Å². The summed E-state index contributed by atoms with van der Waals surface area (Å²) in [5, 5.41) is 0. The van der Waals surface area contributed by atoms with Gasteiger partial charge in [0.05, 0.1) is 23.4 Å². The van der Waals surface area contributed by atoms with E-state index in [1.54, 1.807) is 12.1 Å². The van der Waals surface area contributed by atoms with E-state index in [2.05, 4.69) is 80.2 Å². The fourth-order valence-corrected chi connectivity index (χ4v) is 7.43. The molecule has 254 valence electrons. The molecule has 4 aromatic carbocycles. The highest BCUT2D eigenvalue weighted by atomic mass is 16.5. The second-order valence-corrected chi connectivity index (χ2v) is 14.1. The molecule has 1 aliphatic heterocycles. The third-order valence-corrected chi connectivity index (χ3v) is 10.6. The number of likely N-dealkylation sites (N-methyl/N-ethyl adjacent to an activating group) is 1. The molecule has 0 aromatic heterocycles. The molecule has 0 saturated carbocycles. The first-order chi connectivity index (χ1) is 23.8. The predicted molar refractivity (Wildman–Crippen MR) is 203 cm³/mol. The Morgan fingerprint density at radius 1 is 0.837 bits per heavy atom. The second-order valence-electron chi connectivity index (χ2n) is 14.1. The highest BCUT2D eigenvalue weighted by molar-refractivity contribution is 5.92. The molecular weight excluding hydrogens is 604 g/mol. The highest BCUT2D eigenvalue weighted by Gasteiger charge is 2.54. The van der Waals surface area contributed by atoms with E-state index in [0.717, 1.165) is 42.0 Å². The molecule has 5 heteroatoms. The third kappa shape index (κ3) is 7.51. The van der Waals surface area contributed by atoms with E-state index in [1.807, 2.05) is 54.7 Å². The third-order valence-electron chi connectivity index (χ3n) is 10.6. The molecule has 1 spiro atoms. The van der Waals surface area contributed by atoms with E-state index in [-0.39, 0.29) is 16.9 Å². The fraction of sp³-hybridized carbons (Fsp3) is 0.364. The minimum absolute atomic E-state index is 0.0559. The van der Waals surface area contributed by atoms with E-state index in [0.29, 0.717) is 11.3 Å². The van der Waals surface area contributed by atoms with Crippen LogP contribution < -0.4 is 14.4 Å². The van der Waals surface area contributed by atoms with Gasteiger partial charge in [-0.25, -0.2) is 4.79 Å². The van der Waals surface area contributed by atoms with E-state index in [1.165, 1.54) is 61.8 Å². The molecule has 0 fully saturated rings. The lowest BCUT2D eigenvalue weighted by atomic mass is 9.65. The first-order valence-corrected chi connectivity index (χ1v) is 18.1. The minimum Gasteiger partial charge on any atom is -0.494 e. The summed E-state index contributed by atoms with van der Waals surface area (Å²) in [7, 11) is 2.20. The van der Waals surface area contributed by atoms with Crippen molar-refractivity contribution in [1.29, 1.82) is 0 Å². The van der Waals surface area contributed by atoms with Crippen LogP contribution in [0.3, 0.4) is 0 Å². The number of carbonyl (C=O) groups excluding carboxylic acids is 1. The Morgan fingerprint density at radius 2 is 1.53 bits per heavy atom. The van der Waals surface area contributed by atoms with Gasteiger partial charge >= 0.3 is 5.97 Å². The summed E-state index contributed by atoms with van der Waals surface area (Å²) in [5.41, 5.74) is 7.02. The normalized spacial score (nSPS) is 17.3. The Kier molecular flexibility index (Phi) is 10.7. The number of unbranched alkanes of at least 4 members (excludes halogenated alkanes) is 7. The highest BCUT2D eigenvalue weighted by Crippen LogP contribution is 2.54. The maximum atomic E-state index is 13.0. The molecule has 2 aliphatic rings. The van der Waals surface area contributed by atoms with Gasteiger partial charge in [0.25, 0.3) is 0 Å². The summed E-state index contributed by atoms with van der Waals surface area (Å²) in [5.74, 6) is 1.04. The molecule has 0 bridgehead atoms. The van der Waals surface area contributed by atoms with Gasteiger partial charge in [0.1, 0.15) is 11.5 Å². The largest absolute Gasteiger partial charge is 0.494 e. The molecule has 4 aromatic rings. The Labute approximate surface area is 292 Å². The Morgan fingerprint density at radius 3 is 2.27 bits per heavy atom. The van der Waals surface area contributed by atoms with Crippen LogP contribution in [-0.4, -0.2) is 31.4 Å². The minimum atomic E-state index is -0.388. The number of nitrogens with zero attached hydrogens (tertiary/aromatic N) is 2. The van der Waals surface area contributed by atoms with Crippen molar-refractivity contribution >= 4 is 29.6 Å².